The van der Waals surface area contributed by atoms with Gasteiger partial charge in [-0.2, -0.15) is 0 Å². The normalized spacial score (nSPS) is 17.2. The van der Waals surface area contributed by atoms with Gasteiger partial charge in [0.2, 0.25) is 0 Å². The summed E-state index contributed by atoms with van der Waals surface area (Å²) in [7, 11) is 0. The molecule has 0 aliphatic carbocycles. The maximum atomic E-state index is 13.0. The maximum absolute atomic E-state index is 13.0. The van der Waals surface area contributed by atoms with Crippen LogP contribution in [0.4, 0.5) is 18.3 Å². The lowest BCUT2D eigenvalue weighted by molar-refractivity contribution is -0.274. The van der Waals surface area contributed by atoms with Crippen LogP contribution in [0.3, 0.4) is 0 Å². The number of amides is 1. The zero-order valence-corrected chi connectivity index (χ0v) is 16.1. The monoisotopic (exact) mass is 428 g/mol. The number of alkyl halides is 3. The van der Waals surface area contributed by atoms with Gasteiger partial charge in [0.05, 0.1) is 27.7 Å². The van der Waals surface area contributed by atoms with Crippen LogP contribution in [-0.2, 0) is 4.74 Å². The summed E-state index contributed by atoms with van der Waals surface area (Å²) in [5.41, 5.74) is 0.505. The largest absolute Gasteiger partial charge is 0.573 e. The Kier molecular flexibility index (Phi) is 5.26. The first-order valence-corrected chi connectivity index (χ1v) is 10.2. The number of aromatic nitrogens is 1. The van der Waals surface area contributed by atoms with Crippen LogP contribution in [0.15, 0.2) is 35.7 Å². The van der Waals surface area contributed by atoms with Crippen molar-refractivity contribution in [2.45, 2.75) is 25.3 Å². The molecule has 28 heavy (non-hydrogen) atoms. The van der Waals surface area contributed by atoms with Gasteiger partial charge in [0, 0.05) is 12.7 Å². The topological polar surface area (TPSA) is 51.7 Å². The number of hydrogen-bond acceptors (Lipinski definition) is 6. The number of rotatable bonds is 5. The van der Waals surface area contributed by atoms with E-state index in [0.29, 0.717) is 33.4 Å². The van der Waals surface area contributed by atoms with Gasteiger partial charge >= 0.3 is 6.36 Å². The van der Waals surface area contributed by atoms with E-state index in [-0.39, 0.29) is 17.8 Å². The minimum absolute atomic E-state index is 0.0833. The molecule has 148 valence electrons. The molecule has 0 radical (unpaired) electrons. The molecule has 1 aliphatic heterocycles. The second kappa shape index (κ2) is 7.69. The first-order valence-electron chi connectivity index (χ1n) is 8.52. The lowest BCUT2D eigenvalue weighted by Gasteiger charge is -2.22. The number of benzene rings is 1. The highest BCUT2D eigenvalue weighted by Crippen LogP contribution is 2.34. The van der Waals surface area contributed by atoms with Crippen LogP contribution in [0, 0.1) is 0 Å². The van der Waals surface area contributed by atoms with Crippen molar-refractivity contribution in [3.8, 4) is 5.75 Å². The first kappa shape index (κ1) is 19.2. The van der Waals surface area contributed by atoms with Gasteiger partial charge in [-0.3, -0.25) is 9.69 Å². The number of thiazole rings is 1. The van der Waals surface area contributed by atoms with Crippen molar-refractivity contribution in [1.82, 2.24) is 4.98 Å². The number of nitrogens with zero attached hydrogens (tertiary/aromatic N) is 2. The maximum Gasteiger partial charge on any atom is 0.573 e. The quantitative estimate of drug-likeness (QED) is 0.569. The lowest BCUT2D eigenvalue weighted by atomic mass is 10.2. The van der Waals surface area contributed by atoms with Gasteiger partial charge in [-0.15, -0.1) is 24.5 Å². The summed E-state index contributed by atoms with van der Waals surface area (Å²) in [5.74, 6) is -0.512. The predicted octanol–water partition coefficient (Wildman–Crippen LogP) is 5.08. The van der Waals surface area contributed by atoms with Gasteiger partial charge in [0.15, 0.2) is 5.13 Å². The number of anilines is 1. The van der Waals surface area contributed by atoms with Crippen LogP contribution >= 0.6 is 22.7 Å². The number of fused-ring (bicyclic) bond motifs is 1. The van der Waals surface area contributed by atoms with Gasteiger partial charge in [-0.25, -0.2) is 4.98 Å². The molecule has 1 aliphatic rings. The highest BCUT2D eigenvalue weighted by molar-refractivity contribution is 7.22. The molecule has 4 rings (SSSR count). The standard InChI is InChI=1S/C18H15F3N2O3S2/c19-18(20,21)26-11-5-6-13-15(9-11)28-17(22-13)23(10-12-3-1-7-25-12)16(24)14-4-2-8-27-14/h2,4-6,8-9,12H,1,3,7,10H2. The molecule has 1 unspecified atom stereocenters. The van der Waals surface area contributed by atoms with E-state index in [1.54, 1.807) is 17.0 Å². The van der Waals surface area contributed by atoms with E-state index in [4.69, 9.17) is 4.74 Å². The third-order valence-electron chi connectivity index (χ3n) is 4.20. The molecule has 10 heteroatoms. The molecular weight excluding hydrogens is 413 g/mol. The first-order chi connectivity index (χ1) is 13.4. The molecule has 3 heterocycles. The summed E-state index contributed by atoms with van der Waals surface area (Å²) < 4.78 is 47.5. The van der Waals surface area contributed by atoms with E-state index in [1.807, 2.05) is 5.38 Å². The molecule has 1 aromatic carbocycles. The lowest BCUT2D eigenvalue weighted by Crippen LogP contribution is -2.37. The molecule has 2 aromatic heterocycles. The summed E-state index contributed by atoms with van der Waals surface area (Å²) >= 11 is 2.48. The predicted molar refractivity (Wildman–Crippen MR) is 101 cm³/mol. The van der Waals surface area contributed by atoms with E-state index >= 15 is 0 Å². The number of hydrogen-bond donors (Lipinski definition) is 0. The summed E-state index contributed by atoms with van der Waals surface area (Å²) in [4.78, 5) is 19.6. The van der Waals surface area contributed by atoms with E-state index < -0.39 is 6.36 Å². The summed E-state index contributed by atoms with van der Waals surface area (Å²) in [6, 6.07) is 7.48. The second-order valence-corrected chi connectivity index (χ2v) is 8.16. The molecule has 0 saturated carbocycles. The van der Waals surface area contributed by atoms with Gasteiger partial charge in [-0.1, -0.05) is 17.4 Å². The van der Waals surface area contributed by atoms with Crippen molar-refractivity contribution >= 4 is 43.9 Å². The second-order valence-electron chi connectivity index (χ2n) is 6.20. The number of ether oxygens (including phenoxy) is 2. The molecule has 1 atom stereocenters. The fourth-order valence-corrected chi connectivity index (χ4v) is 4.65. The zero-order valence-electron chi connectivity index (χ0n) is 14.4. The fourth-order valence-electron chi connectivity index (χ4n) is 2.98. The Morgan fingerprint density at radius 1 is 1.36 bits per heavy atom. The number of carbonyl (C=O) groups excluding carboxylic acids is 1. The Bertz CT molecular complexity index is 966. The summed E-state index contributed by atoms with van der Waals surface area (Å²) in [5, 5.41) is 2.24. The van der Waals surface area contributed by atoms with Crippen LogP contribution in [0.2, 0.25) is 0 Å². The summed E-state index contributed by atoms with van der Waals surface area (Å²) in [6.45, 7) is 1.01. The molecule has 0 bridgehead atoms. The molecule has 3 aromatic rings. The van der Waals surface area contributed by atoms with Gasteiger partial charge < -0.3 is 9.47 Å². The van der Waals surface area contributed by atoms with Crippen molar-refractivity contribution in [3.05, 3.63) is 40.6 Å². The molecular formula is C18H15F3N2O3S2. The van der Waals surface area contributed by atoms with E-state index in [0.717, 1.165) is 24.2 Å². The third kappa shape index (κ3) is 4.29. The SMILES string of the molecule is O=C(c1cccs1)N(CC1CCCO1)c1nc2ccc(OC(F)(F)F)cc2s1. The fraction of sp³-hybridized carbons (Fsp3) is 0.333. The highest BCUT2D eigenvalue weighted by atomic mass is 32.1. The van der Waals surface area contributed by atoms with Crippen LogP contribution in [-0.4, -0.2) is 36.5 Å². The Labute approximate surface area is 166 Å². The van der Waals surface area contributed by atoms with Crippen LogP contribution in [0.1, 0.15) is 22.5 Å². The highest BCUT2D eigenvalue weighted by Gasteiger charge is 2.31. The Hall–Kier alpha value is -2.17. The third-order valence-corrected chi connectivity index (χ3v) is 6.10. The van der Waals surface area contributed by atoms with Crippen molar-refractivity contribution < 1.29 is 27.4 Å². The molecule has 5 nitrogen and oxygen atoms in total. The minimum Gasteiger partial charge on any atom is -0.406 e. The zero-order chi connectivity index (χ0) is 19.7. The Morgan fingerprint density at radius 3 is 2.89 bits per heavy atom. The average Bonchev–Trinajstić information content (AvgIpc) is 3.37. The van der Waals surface area contributed by atoms with Crippen molar-refractivity contribution in [1.29, 1.82) is 0 Å². The van der Waals surface area contributed by atoms with Crippen molar-refractivity contribution in [2.75, 3.05) is 18.1 Å². The molecule has 1 amide bonds. The molecule has 0 N–H and O–H groups in total. The van der Waals surface area contributed by atoms with Gasteiger partial charge in [0.1, 0.15) is 5.75 Å². The minimum atomic E-state index is -4.76. The number of carbonyl (C=O) groups is 1. The number of halogens is 3. The van der Waals surface area contributed by atoms with E-state index in [2.05, 4.69) is 9.72 Å². The van der Waals surface area contributed by atoms with Crippen LogP contribution < -0.4 is 9.64 Å². The van der Waals surface area contributed by atoms with Crippen molar-refractivity contribution in [3.63, 3.8) is 0 Å². The van der Waals surface area contributed by atoms with Gasteiger partial charge in [-0.05, 0) is 36.4 Å². The average molecular weight is 428 g/mol. The van der Waals surface area contributed by atoms with Crippen LogP contribution in [0.25, 0.3) is 10.2 Å². The number of thiophene rings is 1. The Balaban J connectivity index is 1.66. The smallest absolute Gasteiger partial charge is 0.406 e. The van der Waals surface area contributed by atoms with E-state index in [1.165, 1.54) is 29.5 Å². The van der Waals surface area contributed by atoms with Crippen LogP contribution in [0.5, 0.6) is 5.75 Å². The molecule has 1 saturated heterocycles. The summed E-state index contributed by atoms with van der Waals surface area (Å²) in [6.07, 6.45) is -3.06. The van der Waals surface area contributed by atoms with Crippen molar-refractivity contribution in [2.24, 2.45) is 0 Å². The molecule has 0 spiro atoms. The Morgan fingerprint density at radius 2 is 2.21 bits per heavy atom. The molecule has 1 fully saturated rings. The van der Waals surface area contributed by atoms with Gasteiger partial charge in [0.25, 0.3) is 5.91 Å². The van der Waals surface area contributed by atoms with E-state index in [9.17, 15) is 18.0 Å².